The molecule has 0 radical (unpaired) electrons. The van der Waals surface area contributed by atoms with Crippen molar-refractivity contribution in [3.8, 4) is 0 Å². The highest BCUT2D eigenvalue weighted by Crippen LogP contribution is 2.21. The topological polar surface area (TPSA) is 12.0 Å². The standard InChI is InChI=1S/C19H25NS/c1-3-13-20-19(18-11-9-16(2)10-12-18)15-21-14-17-7-5-4-6-8-17/h4-12,19-20H,3,13-15H2,1-2H3. The molecule has 0 bridgehead atoms. The summed E-state index contributed by atoms with van der Waals surface area (Å²) in [5.41, 5.74) is 4.13. The maximum absolute atomic E-state index is 3.67. The third-order valence-electron chi connectivity index (χ3n) is 3.52. The van der Waals surface area contributed by atoms with Gasteiger partial charge in [0.1, 0.15) is 0 Å². The van der Waals surface area contributed by atoms with Crippen molar-refractivity contribution in [3.05, 3.63) is 71.3 Å². The monoisotopic (exact) mass is 299 g/mol. The first-order valence-electron chi connectivity index (χ1n) is 7.71. The predicted molar refractivity (Wildman–Crippen MR) is 94.8 cm³/mol. The quantitative estimate of drug-likeness (QED) is 0.738. The number of thioether (sulfide) groups is 1. The summed E-state index contributed by atoms with van der Waals surface area (Å²) in [7, 11) is 0. The summed E-state index contributed by atoms with van der Waals surface area (Å²) in [5, 5.41) is 3.67. The average Bonchev–Trinajstić information content (AvgIpc) is 2.53. The Morgan fingerprint density at radius 2 is 1.71 bits per heavy atom. The fourth-order valence-corrected chi connectivity index (χ4v) is 3.35. The SMILES string of the molecule is CCCNC(CSCc1ccccc1)c1ccc(C)cc1. The van der Waals surface area contributed by atoms with Crippen molar-refractivity contribution >= 4 is 11.8 Å². The predicted octanol–water partition coefficient (Wildman–Crippen LogP) is 4.97. The molecule has 1 nitrogen and oxygen atoms in total. The van der Waals surface area contributed by atoms with E-state index >= 15 is 0 Å². The summed E-state index contributed by atoms with van der Waals surface area (Å²) in [6, 6.07) is 20.1. The van der Waals surface area contributed by atoms with E-state index in [1.54, 1.807) is 0 Å². The number of nitrogens with one attached hydrogen (secondary N) is 1. The Bertz CT molecular complexity index is 507. The first-order chi connectivity index (χ1) is 10.3. The van der Waals surface area contributed by atoms with Crippen molar-refractivity contribution < 1.29 is 0 Å². The van der Waals surface area contributed by atoms with Gasteiger partial charge in [-0.05, 0) is 31.0 Å². The summed E-state index contributed by atoms with van der Waals surface area (Å²) in [5.74, 6) is 2.19. The van der Waals surface area contributed by atoms with Crippen LogP contribution in [0, 0.1) is 6.92 Å². The smallest absolute Gasteiger partial charge is 0.0411 e. The normalized spacial score (nSPS) is 12.3. The van der Waals surface area contributed by atoms with Crippen molar-refractivity contribution in [1.82, 2.24) is 5.32 Å². The highest BCUT2D eigenvalue weighted by atomic mass is 32.2. The largest absolute Gasteiger partial charge is 0.309 e. The Balaban J connectivity index is 1.91. The molecule has 21 heavy (non-hydrogen) atoms. The van der Waals surface area contributed by atoms with Gasteiger partial charge >= 0.3 is 0 Å². The summed E-state index contributed by atoms with van der Waals surface area (Å²) in [6.45, 7) is 5.43. The van der Waals surface area contributed by atoms with Gasteiger partial charge in [-0.25, -0.2) is 0 Å². The number of benzene rings is 2. The molecule has 0 spiro atoms. The van der Waals surface area contributed by atoms with Crippen LogP contribution in [0.15, 0.2) is 54.6 Å². The van der Waals surface area contributed by atoms with Crippen LogP contribution >= 0.6 is 11.8 Å². The van der Waals surface area contributed by atoms with Crippen LogP contribution < -0.4 is 5.32 Å². The molecular formula is C19H25NS. The molecular weight excluding hydrogens is 274 g/mol. The fourth-order valence-electron chi connectivity index (χ4n) is 2.26. The molecule has 0 saturated heterocycles. The molecule has 1 unspecified atom stereocenters. The van der Waals surface area contributed by atoms with Crippen LogP contribution in [0.2, 0.25) is 0 Å². The molecule has 0 aliphatic rings. The van der Waals surface area contributed by atoms with Crippen LogP contribution in [-0.4, -0.2) is 12.3 Å². The summed E-state index contributed by atoms with van der Waals surface area (Å²) in [6.07, 6.45) is 1.17. The molecule has 0 heterocycles. The fraction of sp³-hybridized carbons (Fsp3) is 0.368. The van der Waals surface area contributed by atoms with E-state index in [1.807, 2.05) is 11.8 Å². The third kappa shape index (κ3) is 5.56. The van der Waals surface area contributed by atoms with E-state index in [0.717, 1.165) is 18.1 Å². The molecule has 0 amide bonds. The van der Waals surface area contributed by atoms with E-state index in [4.69, 9.17) is 0 Å². The zero-order valence-electron chi connectivity index (χ0n) is 13.0. The molecule has 2 aromatic rings. The molecule has 2 rings (SSSR count). The molecule has 0 aromatic heterocycles. The third-order valence-corrected chi connectivity index (χ3v) is 4.62. The number of hydrogen-bond donors (Lipinski definition) is 1. The lowest BCUT2D eigenvalue weighted by atomic mass is 10.1. The van der Waals surface area contributed by atoms with Crippen molar-refractivity contribution in [3.63, 3.8) is 0 Å². The van der Waals surface area contributed by atoms with Gasteiger partial charge in [0.15, 0.2) is 0 Å². The maximum Gasteiger partial charge on any atom is 0.0411 e. The minimum Gasteiger partial charge on any atom is -0.309 e. The van der Waals surface area contributed by atoms with Gasteiger partial charge in [-0.3, -0.25) is 0 Å². The van der Waals surface area contributed by atoms with Gasteiger partial charge in [0, 0.05) is 17.5 Å². The van der Waals surface area contributed by atoms with Gasteiger partial charge in [-0.2, -0.15) is 11.8 Å². The molecule has 112 valence electrons. The van der Waals surface area contributed by atoms with E-state index in [-0.39, 0.29) is 0 Å². The molecule has 0 fully saturated rings. The lowest BCUT2D eigenvalue weighted by Crippen LogP contribution is -2.24. The highest BCUT2D eigenvalue weighted by Gasteiger charge is 2.10. The van der Waals surface area contributed by atoms with E-state index < -0.39 is 0 Å². The van der Waals surface area contributed by atoms with E-state index in [0.29, 0.717) is 6.04 Å². The number of hydrogen-bond acceptors (Lipinski definition) is 2. The lowest BCUT2D eigenvalue weighted by Gasteiger charge is -2.19. The molecule has 0 aliphatic heterocycles. The van der Waals surface area contributed by atoms with Crippen LogP contribution in [0.1, 0.15) is 36.1 Å². The molecule has 0 aliphatic carbocycles. The van der Waals surface area contributed by atoms with Crippen molar-refractivity contribution in [2.24, 2.45) is 0 Å². The first-order valence-corrected chi connectivity index (χ1v) is 8.86. The minimum atomic E-state index is 0.444. The zero-order valence-corrected chi connectivity index (χ0v) is 13.8. The Kier molecular flexibility index (Phi) is 6.84. The molecule has 0 saturated carbocycles. The van der Waals surface area contributed by atoms with Crippen molar-refractivity contribution in [2.75, 3.05) is 12.3 Å². The second-order valence-corrected chi connectivity index (χ2v) is 6.45. The van der Waals surface area contributed by atoms with Gasteiger partial charge in [-0.1, -0.05) is 67.1 Å². The van der Waals surface area contributed by atoms with Crippen LogP contribution in [0.5, 0.6) is 0 Å². The first kappa shape index (κ1) is 16.1. The summed E-state index contributed by atoms with van der Waals surface area (Å²) < 4.78 is 0. The van der Waals surface area contributed by atoms with E-state index in [9.17, 15) is 0 Å². The van der Waals surface area contributed by atoms with Gasteiger partial charge in [0.05, 0.1) is 0 Å². The van der Waals surface area contributed by atoms with Crippen molar-refractivity contribution in [1.29, 1.82) is 0 Å². The molecule has 1 atom stereocenters. The maximum atomic E-state index is 3.67. The Morgan fingerprint density at radius 1 is 1.00 bits per heavy atom. The molecule has 2 heteroatoms. The Hall–Kier alpha value is -1.25. The Morgan fingerprint density at radius 3 is 2.38 bits per heavy atom. The van der Waals surface area contributed by atoms with Gasteiger partial charge in [0.25, 0.3) is 0 Å². The minimum absolute atomic E-state index is 0.444. The van der Waals surface area contributed by atoms with Crippen LogP contribution in [0.25, 0.3) is 0 Å². The van der Waals surface area contributed by atoms with Crippen molar-refractivity contribution in [2.45, 2.75) is 32.1 Å². The van der Waals surface area contributed by atoms with Crippen LogP contribution in [0.4, 0.5) is 0 Å². The molecule has 2 aromatic carbocycles. The summed E-state index contributed by atoms with van der Waals surface area (Å²) in [4.78, 5) is 0. The average molecular weight is 299 g/mol. The van der Waals surface area contributed by atoms with E-state index in [2.05, 4.69) is 73.8 Å². The van der Waals surface area contributed by atoms with Gasteiger partial charge in [0.2, 0.25) is 0 Å². The van der Waals surface area contributed by atoms with Gasteiger partial charge in [-0.15, -0.1) is 0 Å². The van der Waals surface area contributed by atoms with E-state index in [1.165, 1.54) is 23.1 Å². The second kappa shape index (κ2) is 8.91. The number of rotatable bonds is 8. The highest BCUT2D eigenvalue weighted by molar-refractivity contribution is 7.98. The number of aryl methyl sites for hydroxylation is 1. The summed E-state index contributed by atoms with van der Waals surface area (Å²) >= 11 is 2.00. The lowest BCUT2D eigenvalue weighted by molar-refractivity contribution is 0.577. The zero-order chi connectivity index (χ0) is 14.9. The molecule has 1 N–H and O–H groups in total. The van der Waals surface area contributed by atoms with Crippen LogP contribution in [0.3, 0.4) is 0 Å². The Labute approximate surface area is 133 Å². The van der Waals surface area contributed by atoms with Crippen LogP contribution in [-0.2, 0) is 5.75 Å². The second-order valence-electron chi connectivity index (χ2n) is 5.42. The van der Waals surface area contributed by atoms with Gasteiger partial charge < -0.3 is 5.32 Å².